The average molecular weight is 254 g/mol. The van der Waals surface area contributed by atoms with Gasteiger partial charge in [0.2, 0.25) is 0 Å². The maximum absolute atomic E-state index is 11.5. The second-order valence-corrected chi connectivity index (χ2v) is 5.12. The van der Waals surface area contributed by atoms with Crippen LogP contribution in [0, 0.1) is 0 Å². The molecule has 1 aromatic carbocycles. The van der Waals surface area contributed by atoms with Gasteiger partial charge in [-0.25, -0.2) is 4.79 Å². The van der Waals surface area contributed by atoms with Crippen molar-refractivity contribution in [1.29, 1.82) is 0 Å². The minimum atomic E-state index is -0.659. The second kappa shape index (κ2) is 5.96. The molecule has 0 aliphatic rings. The lowest BCUT2D eigenvalue weighted by atomic mass is 10.1. The summed E-state index contributed by atoms with van der Waals surface area (Å²) >= 11 is 1.64. The Bertz CT molecular complexity index is 371. The highest BCUT2D eigenvalue weighted by molar-refractivity contribution is 7.98. The molecule has 1 rings (SSSR count). The lowest BCUT2D eigenvalue weighted by Crippen LogP contribution is -2.28. The third kappa shape index (κ3) is 4.69. The van der Waals surface area contributed by atoms with Gasteiger partial charge in [0, 0.05) is 4.90 Å². The first-order chi connectivity index (χ1) is 7.96. The lowest BCUT2D eigenvalue weighted by Gasteiger charge is -2.22. The summed E-state index contributed by atoms with van der Waals surface area (Å²) in [4.78, 5) is 12.6. The number of carbonyl (C=O) groups excluding carboxylic acids is 1. The molecule has 0 saturated heterocycles. The topological polar surface area (TPSA) is 35.5 Å². The van der Waals surface area contributed by atoms with Crippen LogP contribution >= 0.6 is 11.8 Å². The Kier molecular flexibility index (Phi) is 4.87. The summed E-state index contributed by atoms with van der Waals surface area (Å²) in [6.07, 6.45) is 2.08. The molecule has 94 valence electrons. The molecule has 0 spiro atoms. The standard InChI is InChI=1S/C13H18O3S/c1-5-13(2,3)16-12(14)15-10-6-8-11(17-4)9-7-10/h6-9H,5H2,1-4H3. The zero-order valence-electron chi connectivity index (χ0n) is 10.6. The van der Waals surface area contributed by atoms with Gasteiger partial charge in [-0.15, -0.1) is 11.8 Å². The van der Waals surface area contributed by atoms with Crippen molar-refractivity contribution in [3.8, 4) is 5.75 Å². The fraction of sp³-hybridized carbons (Fsp3) is 0.462. The van der Waals surface area contributed by atoms with Crippen LogP contribution < -0.4 is 4.74 Å². The first kappa shape index (κ1) is 13.9. The van der Waals surface area contributed by atoms with Crippen LogP contribution in [0.2, 0.25) is 0 Å². The van der Waals surface area contributed by atoms with E-state index in [0.717, 1.165) is 11.3 Å². The second-order valence-electron chi connectivity index (χ2n) is 4.24. The molecule has 0 heterocycles. The van der Waals surface area contributed by atoms with E-state index in [4.69, 9.17) is 9.47 Å². The molecule has 0 aliphatic heterocycles. The Labute approximate surface area is 106 Å². The summed E-state index contributed by atoms with van der Waals surface area (Å²) in [5, 5.41) is 0. The molecule has 4 heteroatoms. The third-order valence-electron chi connectivity index (χ3n) is 2.47. The van der Waals surface area contributed by atoms with Crippen molar-refractivity contribution in [2.24, 2.45) is 0 Å². The predicted molar refractivity (Wildman–Crippen MR) is 69.7 cm³/mol. The van der Waals surface area contributed by atoms with Gasteiger partial charge in [-0.1, -0.05) is 6.92 Å². The van der Waals surface area contributed by atoms with E-state index < -0.39 is 11.8 Å². The summed E-state index contributed by atoms with van der Waals surface area (Å²) in [7, 11) is 0. The van der Waals surface area contributed by atoms with E-state index in [-0.39, 0.29) is 0 Å². The zero-order valence-corrected chi connectivity index (χ0v) is 11.5. The highest BCUT2D eigenvalue weighted by atomic mass is 32.2. The minimum Gasteiger partial charge on any atom is -0.428 e. The van der Waals surface area contributed by atoms with E-state index in [1.807, 2.05) is 39.2 Å². The Balaban J connectivity index is 2.56. The largest absolute Gasteiger partial charge is 0.514 e. The van der Waals surface area contributed by atoms with E-state index in [9.17, 15) is 4.79 Å². The van der Waals surface area contributed by atoms with Gasteiger partial charge in [-0.05, 0) is 50.8 Å². The van der Waals surface area contributed by atoms with Crippen LogP contribution in [0.15, 0.2) is 29.2 Å². The summed E-state index contributed by atoms with van der Waals surface area (Å²) in [5.41, 5.74) is -0.490. The molecule has 17 heavy (non-hydrogen) atoms. The molecule has 0 aromatic heterocycles. The van der Waals surface area contributed by atoms with E-state index in [1.54, 1.807) is 23.9 Å². The molecule has 3 nitrogen and oxygen atoms in total. The number of hydrogen-bond acceptors (Lipinski definition) is 4. The summed E-state index contributed by atoms with van der Waals surface area (Å²) < 4.78 is 10.3. The quantitative estimate of drug-likeness (QED) is 0.460. The number of carbonyl (C=O) groups is 1. The smallest absolute Gasteiger partial charge is 0.428 e. The van der Waals surface area contributed by atoms with Crippen LogP contribution in [0.25, 0.3) is 0 Å². The monoisotopic (exact) mass is 254 g/mol. The number of thioether (sulfide) groups is 1. The van der Waals surface area contributed by atoms with Gasteiger partial charge in [0.15, 0.2) is 0 Å². The molecule has 0 N–H and O–H groups in total. The van der Waals surface area contributed by atoms with Crippen molar-refractivity contribution in [3.05, 3.63) is 24.3 Å². The van der Waals surface area contributed by atoms with Gasteiger partial charge in [0.25, 0.3) is 0 Å². The number of ether oxygens (including phenoxy) is 2. The number of benzene rings is 1. The number of hydrogen-bond donors (Lipinski definition) is 0. The van der Waals surface area contributed by atoms with E-state index >= 15 is 0 Å². The molecule has 1 aromatic rings. The maximum Gasteiger partial charge on any atom is 0.514 e. The van der Waals surface area contributed by atoms with E-state index in [2.05, 4.69) is 0 Å². The average Bonchev–Trinajstić information content (AvgIpc) is 2.29. The normalized spacial score (nSPS) is 11.1. The number of rotatable bonds is 4. The van der Waals surface area contributed by atoms with Crippen LogP contribution in [0.1, 0.15) is 27.2 Å². The van der Waals surface area contributed by atoms with Gasteiger partial charge < -0.3 is 9.47 Å². The Hall–Kier alpha value is -1.16. The fourth-order valence-corrected chi connectivity index (χ4v) is 1.47. The van der Waals surface area contributed by atoms with Crippen molar-refractivity contribution in [3.63, 3.8) is 0 Å². The third-order valence-corrected chi connectivity index (χ3v) is 3.22. The van der Waals surface area contributed by atoms with Gasteiger partial charge in [0.05, 0.1) is 0 Å². The van der Waals surface area contributed by atoms with Crippen molar-refractivity contribution < 1.29 is 14.3 Å². The molecule has 0 atom stereocenters. The molecule has 0 amide bonds. The summed E-state index contributed by atoms with van der Waals surface area (Å²) in [6, 6.07) is 7.31. The lowest BCUT2D eigenvalue weighted by molar-refractivity contribution is 0.00706. The fourth-order valence-electron chi connectivity index (χ4n) is 1.06. The van der Waals surface area contributed by atoms with Gasteiger partial charge >= 0.3 is 6.16 Å². The van der Waals surface area contributed by atoms with Crippen LogP contribution in [0.4, 0.5) is 4.79 Å². The van der Waals surface area contributed by atoms with Crippen LogP contribution in [0.3, 0.4) is 0 Å². The molecule has 0 bridgehead atoms. The highest BCUT2D eigenvalue weighted by Crippen LogP contribution is 2.20. The van der Waals surface area contributed by atoms with Gasteiger partial charge in [-0.2, -0.15) is 0 Å². The first-order valence-electron chi connectivity index (χ1n) is 5.52. The Morgan fingerprint density at radius 3 is 2.35 bits per heavy atom. The highest BCUT2D eigenvalue weighted by Gasteiger charge is 2.21. The van der Waals surface area contributed by atoms with Crippen LogP contribution in [-0.2, 0) is 4.74 Å². The van der Waals surface area contributed by atoms with Crippen LogP contribution in [0.5, 0.6) is 5.75 Å². The molecule has 0 aliphatic carbocycles. The van der Waals surface area contributed by atoms with Gasteiger partial charge in [0.1, 0.15) is 11.4 Å². The molecular formula is C13H18O3S. The summed E-state index contributed by atoms with van der Waals surface area (Å²) in [6.45, 7) is 5.66. The van der Waals surface area contributed by atoms with Crippen LogP contribution in [-0.4, -0.2) is 18.0 Å². The molecule has 0 fully saturated rings. The van der Waals surface area contributed by atoms with Crippen molar-refractivity contribution in [2.75, 3.05) is 6.26 Å². The van der Waals surface area contributed by atoms with Crippen molar-refractivity contribution in [1.82, 2.24) is 0 Å². The Morgan fingerprint density at radius 2 is 1.88 bits per heavy atom. The molecule has 0 radical (unpaired) electrons. The van der Waals surface area contributed by atoms with Crippen molar-refractivity contribution >= 4 is 17.9 Å². The SMILES string of the molecule is CCC(C)(C)OC(=O)Oc1ccc(SC)cc1. The van der Waals surface area contributed by atoms with E-state index in [1.165, 1.54) is 0 Å². The Morgan fingerprint density at radius 1 is 1.29 bits per heavy atom. The maximum atomic E-state index is 11.5. The van der Waals surface area contributed by atoms with Crippen molar-refractivity contribution in [2.45, 2.75) is 37.7 Å². The van der Waals surface area contributed by atoms with Gasteiger partial charge in [-0.3, -0.25) is 0 Å². The first-order valence-corrected chi connectivity index (χ1v) is 6.74. The molecular weight excluding hydrogens is 236 g/mol. The molecule has 0 unspecified atom stereocenters. The zero-order chi connectivity index (χ0) is 12.9. The predicted octanol–water partition coefficient (Wildman–Crippen LogP) is 4.11. The minimum absolute atomic E-state index is 0.490. The molecule has 0 saturated carbocycles. The van der Waals surface area contributed by atoms with E-state index in [0.29, 0.717) is 5.75 Å². The summed E-state index contributed by atoms with van der Waals surface area (Å²) in [5.74, 6) is 0.500.